The van der Waals surface area contributed by atoms with Crippen molar-refractivity contribution in [1.29, 1.82) is 0 Å². The molecule has 18 heavy (non-hydrogen) atoms. The molecular weight excluding hydrogens is 292 g/mol. The summed E-state index contributed by atoms with van der Waals surface area (Å²) in [5.74, 6) is 0. The van der Waals surface area contributed by atoms with Crippen LogP contribution in [0, 0.1) is 5.41 Å². The monoisotopic (exact) mass is 306 g/mol. The van der Waals surface area contributed by atoms with Gasteiger partial charge in [-0.25, -0.2) is 4.98 Å². The molecule has 0 unspecified atom stereocenters. The third kappa shape index (κ3) is 1.88. The van der Waals surface area contributed by atoms with E-state index in [0.29, 0.717) is 0 Å². The van der Waals surface area contributed by atoms with E-state index in [9.17, 15) is 4.79 Å². The number of rotatable bonds is 3. The van der Waals surface area contributed by atoms with Crippen molar-refractivity contribution < 1.29 is 0 Å². The van der Waals surface area contributed by atoms with Gasteiger partial charge in [0.15, 0.2) is 0 Å². The smallest absolute Gasteiger partial charge is 0.269 e. The van der Waals surface area contributed by atoms with E-state index in [0.717, 1.165) is 22.9 Å². The van der Waals surface area contributed by atoms with Gasteiger partial charge in [0.1, 0.15) is 0 Å². The quantitative estimate of drug-likeness (QED) is 0.817. The Hall–Kier alpha value is -1.16. The van der Waals surface area contributed by atoms with Crippen LogP contribution < -0.4 is 5.56 Å². The standard InChI is InChI=1S/C14H15BrN2O/c15-9-14(6-3-7-14)10-17-12-5-2-1-4-11(12)16-8-13(17)18/h1-2,4-5,8H,3,6-7,9-10H2. The van der Waals surface area contributed by atoms with Crippen LogP contribution in [-0.2, 0) is 6.54 Å². The lowest BCUT2D eigenvalue weighted by molar-refractivity contribution is 0.140. The van der Waals surface area contributed by atoms with E-state index in [4.69, 9.17) is 0 Å². The van der Waals surface area contributed by atoms with Crippen molar-refractivity contribution in [2.45, 2.75) is 25.8 Å². The van der Waals surface area contributed by atoms with Crippen molar-refractivity contribution in [2.75, 3.05) is 5.33 Å². The summed E-state index contributed by atoms with van der Waals surface area (Å²) in [6.45, 7) is 0.792. The maximum absolute atomic E-state index is 12.1. The summed E-state index contributed by atoms with van der Waals surface area (Å²) < 4.78 is 1.88. The van der Waals surface area contributed by atoms with E-state index in [1.54, 1.807) is 0 Å². The molecule has 1 aromatic carbocycles. The fraction of sp³-hybridized carbons (Fsp3) is 0.429. The molecule has 0 atom stereocenters. The minimum atomic E-state index is 0.000856. The van der Waals surface area contributed by atoms with Gasteiger partial charge in [-0.2, -0.15) is 0 Å². The summed E-state index contributed by atoms with van der Waals surface area (Å²) in [6, 6.07) is 7.84. The number of aromatic nitrogens is 2. The van der Waals surface area contributed by atoms with Crippen LogP contribution in [0.3, 0.4) is 0 Å². The molecule has 0 radical (unpaired) electrons. The molecule has 1 aliphatic rings. The van der Waals surface area contributed by atoms with Gasteiger partial charge in [-0.05, 0) is 30.4 Å². The van der Waals surface area contributed by atoms with Gasteiger partial charge in [0.05, 0.1) is 17.2 Å². The van der Waals surface area contributed by atoms with E-state index >= 15 is 0 Å². The number of hydrogen-bond acceptors (Lipinski definition) is 2. The van der Waals surface area contributed by atoms with Crippen molar-refractivity contribution in [3.8, 4) is 0 Å². The molecule has 0 aliphatic heterocycles. The summed E-state index contributed by atoms with van der Waals surface area (Å²) in [4.78, 5) is 16.2. The Bertz CT molecular complexity index is 625. The van der Waals surface area contributed by atoms with E-state index in [1.807, 2.05) is 28.8 Å². The van der Waals surface area contributed by atoms with Gasteiger partial charge in [0.2, 0.25) is 0 Å². The van der Waals surface area contributed by atoms with Crippen molar-refractivity contribution in [3.63, 3.8) is 0 Å². The fourth-order valence-electron chi connectivity index (χ4n) is 2.62. The highest BCUT2D eigenvalue weighted by Crippen LogP contribution is 2.43. The van der Waals surface area contributed by atoms with Gasteiger partial charge in [0, 0.05) is 11.9 Å². The highest BCUT2D eigenvalue weighted by Gasteiger charge is 2.36. The number of nitrogens with zero attached hydrogens (tertiary/aromatic N) is 2. The highest BCUT2D eigenvalue weighted by atomic mass is 79.9. The molecule has 1 heterocycles. The van der Waals surface area contributed by atoms with Crippen molar-refractivity contribution in [1.82, 2.24) is 9.55 Å². The number of benzene rings is 1. The van der Waals surface area contributed by atoms with Crippen molar-refractivity contribution >= 4 is 27.0 Å². The first-order valence-electron chi connectivity index (χ1n) is 6.25. The van der Waals surface area contributed by atoms with Crippen LogP contribution in [-0.4, -0.2) is 14.9 Å². The van der Waals surface area contributed by atoms with Crippen molar-refractivity contribution in [3.05, 3.63) is 40.8 Å². The Morgan fingerprint density at radius 1 is 1.33 bits per heavy atom. The summed E-state index contributed by atoms with van der Waals surface area (Å²) >= 11 is 3.60. The molecule has 0 spiro atoms. The zero-order chi connectivity index (χ0) is 12.6. The molecule has 1 fully saturated rings. The summed E-state index contributed by atoms with van der Waals surface area (Å²) in [5.41, 5.74) is 2.09. The first-order chi connectivity index (χ1) is 8.74. The van der Waals surface area contributed by atoms with Gasteiger partial charge < -0.3 is 4.57 Å². The van der Waals surface area contributed by atoms with Crippen LogP contribution >= 0.6 is 15.9 Å². The van der Waals surface area contributed by atoms with Gasteiger partial charge >= 0.3 is 0 Å². The van der Waals surface area contributed by atoms with Gasteiger partial charge in [0.25, 0.3) is 5.56 Å². The zero-order valence-electron chi connectivity index (χ0n) is 10.1. The summed E-state index contributed by atoms with van der Waals surface area (Å²) in [7, 11) is 0. The second kappa shape index (κ2) is 4.50. The van der Waals surface area contributed by atoms with E-state index in [1.165, 1.54) is 25.5 Å². The second-order valence-electron chi connectivity index (χ2n) is 5.16. The summed E-state index contributed by atoms with van der Waals surface area (Å²) in [5, 5.41) is 0.961. The van der Waals surface area contributed by atoms with Crippen LogP contribution in [0.5, 0.6) is 0 Å². The Labute approximate surface area is 114 Å². The largest absolute Gasteiger partial charge is 0.305 e. The molecule has 0 N–H and O–H groups in total. The van der Waals surface area contributed by atoms with Gasteiger partial charge in [-0.15, -0.1) is 0 Å². The first-order valence-corrected chi connectivity index (χ1v) is 7.37. The number of hydrogen-bond donors (Lipinski definition) is 0. The number of para-hydroxylation sites is 2. The highest BCUT2D eigenvalue weighted by molar-refractivity contribution is 9.09. The molecule has 0 amide bonds. The lowest BCUT2D eigenvalue weighted by Gasteiger charge is -2.41. The predicted molar refractivity (Wildman–Crippen MR) is 76.1 cm³/mol. The molecule has 1 aromatic heterocycles. The lowest BCUT2D eigenvalue weighted by atomic mass is 9.70. The molecule has 0 bridgehead atoms. The van der Waals surface area contributed by atoms with Crippen LogP contribution in [0.15, 0.2) is 35.3 Å². The third-order valence-electron chi connectivity index (χ3n) is 3.94. The van der Waals surface area contributed by atoms with Gasteiger partial charge in [-0.3, -0.25) is 4.79 Å². The Kier molecular flexibility index (Phi) is 2.98. The normalized spacial score (nSPS) is 17.6. The predicted octanol–water partition coefficient (Wildman–Crippen LogP) is 2.96. The van der Waals surface area contributed by atoms with Crippen LogP contribution in [0.1, 0.15) is 19.3 Å². The molecule has 3 rings (SSSR count). The molecule has 0 saturated heterocycles. The average molecular weight is 307 g/mol. The topological polar surface area (TPSA) is 34.9 Å². The lowest BCUT2D eigenvalue weighted by Crippen LogP contribution is -2.39. The Morgan fingerprint density at radius 2 is 2.11 bits per heavy atom. The Morgan fingerprint density at radius 3 is 2.78 bits per heavy atom. The van der Waals surface area contributed by atoms with Crippen LogP contribution in [0.4, 0.5) is 0 Å². The SMILES string of the molecule is O=c1cnc2ccccc2n1CC1(CBr)CCC1. The van der Waals surface area contributed by atoms with Crippen LogP contribution in [0.25, 0.3) is 11.0 Å². The van der Waals surface area contributed by atoms with Crippen molar-refractivity contribution in [2.24, 2.45) is 5.41 Å². The maximum Gasteiger partial charge on any atom is 0.269 e. The maximum atomic E-state index is 12.1. The number of fused-ring (bicyclic) bond motifs is 1. The minimum absolute atomic E-state index is 0.000856. The molecule has 1 aliphatic carbocycles. The molecule has 1 saturated carbocycles. The van der Waals surface area contributed by atoms with Crippen LogP contribution in [0.2, 0.25) is 0 Å². The van der Waals surface area contributed by atoms with E-state index in [-0.39, 0.29) is 11.0 Å². The summed E-state index contributed by atoms with van der Waals surface area (Å²) in [6.07, 6.45) is 5.09. The van der Waals surface area contributed by atoms with E-state index in [2.05, 4.69) is 20.9 Å². The number of alkyl halides is 1. The molecule has 4 heteroatoms. The average Bonchev–Trinajstić information content (AvgIpc) is 2.36. The fourth-order valence-corrected chi connectivity index (χ4v) is 3.36. The van der Waals surface area contributed by atoms with E-state index < -0.39 is 0 Å². The second-order valence-corrected chi connectivity index (χ2v) is 5.72. The third-order valence-corrected chi connectivity index (χ3v) is 5.13. The number of halogens is 1. The van der Waals surface area contributed by atoms with Gasteiger partial charge in [-0.1, -0.05) is 34.5 Å². The first kappa shape index (κ1) is 11.9. The zero-order valence-corrected chi connectivity index (χ0v) is 11.7. The molecular formula is C14H15BrN2O. The minimum Gasteiger partial charge on any atom is -0.305 e. The Balaban J connectivity index is 2.10. The molecule has 94 valence electrons. The molecule has 3 nitrogen and oxygen atoms in total. The molecule has 2 aromatic rings.